The van der Waals surface area contributed by atoms with E-state index in [0.29, 0.717) is 6.10 Å². The third-order valence-electron chi connectivity index (χ3n) is 3.32. The lowest BCUT2D eigenvalue weighted by molar-refractivity contribution is 0.227. The molecule has 100 valence electrons. The lowest BCUT2D eigenvalue weighted by atomic mass is 10.1. The molecule has 2 rings (SSSR count). The van der Waals surface area contributed by atoms with E-state index >= 15 is 0 Å². The van der Waals surface area contributed by atoms with Gasteiger partial charge in [-0.15, -0.1) is 11.6 Å². The first-order valence-corrected chi connectivity index (χ1v) is 7.45. The maximum Gasteiger partial charge on any atom is 0.123 e. The molecular weight excluding hydrogens is 246 g/mol. The molecule has 0 aliphatic carbocycles. The summed E-state index contributed by atoms with van der Waals surface area (Å²) in [6.45, 7) is 2.03. The van der Waals surface area contributed by atoms with Crippen molar-refractivity contribution in [3.8, 4) is 5.75 Å². The van der Waals surface area contributed by atoms with Gasteiger partial charge in [-0.2, -0.15) is 0 Å². The minimum Gasteiger partial charge on any atom is -0.488 e. The average Bonchev–Trinajstić information content (AvgIpc) is 2.80. The van der Waals surface area contributed by atoms with E-state index in [1.807, 2.05) is 6.07 Å². The Balaban J connectivity index is 1.54. The number of fused-ring (bicyclic) bond motifs is 1. The van der Waals surface area contributed by atoms with E-state index in [9.17, 15) is 0 Å². The van der Waals surface area contributed by atoms with E-state index in [4.69, 9.17) is 16.3 Å². The van der Waals surface area contributed by atoms with Gasteiger partial charge < -0.3 is 10.1 Å². The summed E-state index contributed by atoms with van der Waals surface area (Å²) in [7, 11) is 0. The zero-order valence-electron chi connectivity index (χ0n) is 10.8. The molecule has 0 saturated heterocycles. The Morgan fingerprint density at radius 3 is 2.83 bits per heavy atom. The standard InChI is InChI=1S/C15H22ClNO/c16-9-5-1-2-6-10-17-12-14-11-13-7-3-4-8-15(13)18-14/h3-4,7-8,14,17H,1-2,5-6,9-12H2. The van der Waals surface area contributed by atoms with E-state index in [2.05, 4.69) is 23.5 Å². The first-order chi connectivity index (χ1) is 8.90. The summed E-state index contributed by atoms with van der Waals surface area (Å²) >= 11 is 5.64. The molecule has 0 saturated carbocycles. The molecule has 1 heterocycles. The molecule has 3 heteroatoms. The van der Waals surface area contributed by atoms with Crippen LogP contribution in [0.25, 0.3) is 0 Å². The highest BCUT2D eigenvalue weighted by Crippen LogP contribution is 2.27. The minimum absolute atomic E-state index is 0.310. The number of rotatable bonds is 8. The van der Waals surface area contributed by atoms with Crippen molar-refractivity contribution in [1.82, 2.24) is 5.32 Å². The molecule has 0 amide bonds. The van der Waals surface area contributed by atoms with E-state index in [-0.39, 0.29) is 0 Å². The third-order valence-corrected chi connectivity index (χ3v) is 3.59. The Hall–Kier alpha value is -0.730. The number of unbranched alkanes of at least 4 members (excludes halogenated alkanes) is 3. The molecule has 18 heavy (non-hydrogen) atoms. The highest BCUT2D eigenvalue weighted by molar-refractivity contribution is 6.17. The largest absolute Gasteiger partial charge is 0.488 e. The summed E-state index contributed by atoms with van der Waals surface area (Å²) in [4.78, 5) is 0. The van der Waals surface area contributed by atoms with Gasteiger partial charge in [-0.25, -0.2) is 0 Å². The van der Waals surface area contributed by atoms with E-state index in [1.54, 1.807) is 0 Å². The number of ether oxygens (including phenoxy) is 1. The van der Waals surface area contributed by atoms with Crippen LogP contribution >= 0.6 is 11.6 Å². The van der Waals surface area contributed by atoms with Crippen LogP contribution < -0.4 is 10.1 Å². The number of hydrogen-bond acceptors (Lipinski definition) is 2. The number of para-hydroxylation sites is 1. The van der Waals surface area contributed by atoms with Crippen LogP contribution in [0, 0.1) is 0 Å². The Bertz CT molecular complexity index is 331. The van der Waals surface area contributed by atoms with Crippen LogP contribution in [-0.4, -0.2) is 25.1 Å². The van der Waals surface area contributed by atoms with E-state index in [1.165, 1.54) is 24.8 Å². The van der Waals surface area contributed by atoms with Gasteiger partial charge in [-0.1, -0.05) is 31.0 Å². The number of alkyl halides is 1. The zero-order chi connectivity index (χ0) is 12.6. The molecule has 0 radical (unpaired) electrons. The van der Waals surface area contributed by atoms with Crippen molar-refractivity contribution >= 4 is 11.6 Å². The lowest BCUT2D eigenvalue weighted by Gasteiger charge is -2.11. The van der Waals surface area contributed by atoms with Gasteiger partial charge in [-0.3, -0.25) is 0 Å². The van der Waals surface area contributed by atoms with Crippen LogP contribution in [0.4, 0.5) is 0 Å². The fourth-order valence-electron chi connectivity index (χ4n) is 2.33. The highest BCUT2D eigenvalue weighted by Gasteiger charge is 2.21. The van der Waals surface area contributed by atoms with Gasteiger partial charge in [-0.05, 0) is 31.0 Å². The molecule has 1 unspecified atom stereocenters. The van der Waals surface area contributed by atoms with E-state index in [0.717, 1.165) is 37.6 Å². The van der Waals surface area contributed by atoms with E-state index < -0.39 is 0 Å². The van der Waals surface area contributed by atoms with Crippen molar-refractivity contribution in [1.29, 1.82) is 0 Å². The van der Waals surface area contributed by atoms with Crippen molar-refractivity contribution in [2.75, 3.05) is 19.0 Å². The molecule has 0 bridgehead atoms. The van der Waals surface area contributed by atoms with Gasteiger partial charge in [0.2, 0.25) is 0 Å². The summed E-state index contributed by atoms with van der Waals surface area (Å²) in [5.41, 5.74) is 1.34. The molecule has 0 spiro atoms. The van der Waals surface area contributed by atoms with Crippen LogP contribution in [0.3, 0.4) is 0 Å². The molecule has 2 nitrogen and oxygen atoms in total. The smallest absolute Gasteiger partial charge is 0.123 e. The predicted octanol–water partition coefficient (Wildman–Crippen LogP) is 3.38. The topological polar surface area (TPSA) is 21.3 Å². The molecular formula is C15H22ClNO. The summed E-state index contributed by atoms with van der Waals surface area (Å²) in [5, 5.41) is 3.48. The second kappa shape index (κ2) is 7.65. The molecule has 0 aromatic heterocycles. The normalized spacial score (nSPS) is 17.5. The minimum atomic E-state index is 0.310. The second-order valence-corrected chi connectivity index (χ2v) is 5.24. The average molecular weight is 268 g/mol. The fraction of sp³-hybridized carbons (Fsp3) is 0.600. The first kappa shape index (κ1) is 13.7. The SMILES string of the molecule is ClCCCCCCNCC1Cc2ccccc2O1. The van der Waals surface area contributed by atoms with Crippen LogP contribution in [-0.2, 0) is 6.42 Å². The van der Waals surface area contributed by atoms with Crippen LogP contribution in [0.5, 0.6) is 5.75 Å². The zero-order valence-corrected chi connectivity index (χ0v) is 11.6. The fourth-order valence-corrected chi connectivity index (χ4v) is 2.52. The van der Waals surface area contributed by atoms with Gasteiger partial charge in [0.15, 0.2) is 0 Å². The van der Waals surface area contributed by atoms with Gasteiger partial charge in [0.05, 0.1) is 0 Å². The summed E-state index contributed by atoms with van der Waals surface area (Å²) < 4.78 is 5.87. The van der Waals surface area contributed by atoms with Gasteiger partial charge in [0, 0.05) is 18.8 Å². The van der Waals surface area contributed by atoms with Gasteiger partial charge >= 0.3 is 0 Å². The lowest BCUT2D eigenvalue weighted by Crippen LogP contribution is -2.30. The number of hydrogen-bond donors (Lipinski definition) is 1. The first-order valence-electron chi connectivity index (χ1n) is 6.91. The molecule has 1 aromatic rings. The van der Waals surface area contributed by atoms with Crippen molar-refractivity contribution in [2.45, 2.75) is 38.2 Å². The van der Waals surface area contributed by atoms with Crippen molar-refractivity contribution in [3.05, 3.63) is 29.8 Å². The monoisotopic (exact) mass is 267 g/mol. The van der Waals surface area contributed by atoms with Crippen molar-refractivity contribution in [3.63, 3.8) is 0 Å². The Morgan fingerprint density at radius 2 is 2.00 bits per heavy atom. The second-order valence-electron chi connectivity index (χ2n) is 4.86. The molecule has 1 aliphatic rings. The summed E-state index contributed by atoms with van der Waals surface area (Å²) in [5.74, 6) is 1.85. The Labute approximate surface area is 115 Å². The Morgan fingerprint density at radius 1 is 1.17 bits per heavy atom. The molecule has 1 aliphatic heterocycles. The van der Waals surface area contributed by atoms with Crippen molar-refractivity contribution < 1.29 is 4.74 Å². The molecule has 1 atom stereocenters. The highest BCUT2D eigenvalue weighted by atomic mass is 35.5. The quantitative estimate of drug-likeness (QED) is 0.576. The third kappa shape index (κ3) is 4.18. The van der Waals surface area contributed by atoms with Gasteiger partial charge in [0.25, 0.3) is 0 Å². The maximum absolute atomic E-state index is 5.87. The molecule has 1 aromatic carbocycles. The molecule has 0 fully saturated rings. The summed E-state index contributed by atoms with van der Waals surface area (Å²) in [6.07, 6.45) is 6.24. The molecule has 1 N–H and O–H groups in total. The predicted molar refractivity (Wildman–Crippen MR) is 76.6 cm³/mol. The van der Waals surface area contributed by atoms with Crippen molar-refractivity contribution in [2.24, 2.45) is 0 Å². The van der Waals surface area contributed by atoms with Crippen LogP contribution in [0.2, 0.25) is 0 Å². The van der Waals surface area contributed by atoms with Crippen LogP contribution in [0.1, 0.15) is 31.2 Å². The Kier molecular flexibility index (Phi) is 5.82. The van der Waals surface area contributed by atoms with Gasteiger partial charge in [0.1, 0.15) is 11.9 Å². The summed E-state index contributed by atoms with van der Waals surface area (Å²) in [6, 6.07) is 8.32. The number of benzene rings is 1. The number of nitrogens with one attached hydrogen (secondary N) is 1. The number of halogens is 1. The van der Waals surface area contributed by atoms with Crippen LogP contribution in [0.15, 0.2) is 24.3 Å². The maximum atomic E-state index is 5.87.